The van der Waals surface area contributed by atoms with E-state index in [1.165, 1.54) is 13.0 Å². The van der Waals surface area contributed by atoms with Crippen molar-refractivity contribution in [2.24, 2.45) is 5.92 Å². The molecular weight excluding hydrogens is 321 g/mol. The SMILES string of the molecule is CC(=O)Nc1nc2c(s1)C(=O)C(C(=O)c1ccc(F)nc1)CC2. The van der Waals surface area contributed by atoms with Crippen LogP contribution in [0.2, 0.25) is 0 Å². The van der Waals surface area contributed by atoms with Gasteiger partial charge in [-0.1, -0.05) is 11.3 Å². The van der Waals surface area contributed by atoms with Crippen LogP contribution in [-0.4, -0.2) is 27.4 Å². The maximum absolute atomic E-state index is 12.8. The van der Waals surface area contributed by atoms with Gasteiger partial charge in [-0.3, -0.25) is 14.4 Å². The second kappa shape index (κ2) is 5.96. The Morgan fingerprint density at radius 3 is 2.83 bits per heavy atom. The van der Waals surface area contributed by atoms with Crippen LogP contribution in [0.3, 0.4) is 0 Å². The number of ketones is 2. The van der Waals surface area contributed by atoms with Gasteiger partial charge in [0.05, 0.1) is 16.5 Å². The number of rotatable bonds is 3. The summed E-state index contributed by atoms with van der Waals surface area (Å²) in [6.07, 6.45) is 1.95. The maximum atomic E-state index is 12.8. The molecule has 2 heterocycles. The fourth-order valence-corrected chi connectivity index (χ4v) is 3.51. The Morgan fingerprint density at radius 1 is 1.39 bits per heavy atom. The number of halogens is 1. The van der Waals surface area contributed by atoms with Crippen LogP contribution in [0.15, 0.2) is 18.3 Å². The summed E-state index contributed by atoms with van der Waals surface area (Å²) in [5.74, 6) is -2.45. The quantitative estimate of drug-likeness (QED) is 0.529. The monoisotopic (exact) mass is 333 g/mol. The number of hydrogen-bond acceptors (Lipinski definition) is 6. The van der Waals surface area contributed by atoms with E-state index in [1.807, 2.05) is 0 Å². The molecule has 118 valence electrons. The number of hydrogen-bond donors (Lipinski definition) is 1. The molecule has 3 rings (SSSR count). The lowest BCUT2D eigenvalue weighted by Crippen LogP contribution is -2.29. The summed E-state index contributed by atoms with van der Waals surface area (Å²) in [7, 11) is 0. The summed E-state index contributed by atoms with van der Waals surface area (Å²) in [5.41, 5.74) is 0.810. The average Bonchev–Trinajstić information content (AvgIpc) is 2.90. The number of nitrogens with zero attached hydrogens (tertiary/aromatic N) is 2. The lowest BCUT2D eigenvalue weighted by atomic mass is 9.84. The van der Waals surface area contributed by atoms with E-state index in [-0.39, 0.29) is 23.0 Å². The number of carbonyl (C=O) groups is 3. The van der Waals surface area contributed by atoms with Gasteiger partial charge in [0.25, 0.3) is 0 Å². The number of aromatic nitrogens is 2. The Labute approximate surface area is 134 Å². The fourth-order valence-electron chi connectivity index (χ4n) is 2.46. The van der Waals surface area contributed by atoms with E-state index < -0.39 is 11.9 Å². The molecule has 0 bridgehead atoms. The third kappa shape index (κ3) is 3.02. The van der Waals surface area contributed by atoms with Crippen molar-refractivity contribution < 1.29 is 18.8 Å². The van der Waals surface area contributed by atoms with Gasteiger partial charge in [0.2, 0.25) is 11.9 Å². The highest BCUT2D eigenvalue weighted by Crippen LogP contribution is 2.33. The van der Waals surface area contributed by atoms with Crippen molar-refractivity contribution in [3.05, 3.63) is 40.4 Å². The van der Waals surface area contributed by atoms with E-state index >= 15 is 0 Å². The Bertz CT molecular complexity index is 801. The number of aryl methyl sites for hydroxylation is 1. The summed E-state index contributed by atoms with van der Waals surface area (Å²) in [4.78, 5) is 44.1. The summed E-state index contributed by atoms with van der Waals surface area (Å²) in [5, 5.41) is 2.90. The van der Waals surface area contributed by atoms with E-state index in [2.05, 4.69) is 15.3 Å². The van der Waals surface area contributed by atoms with Crippen LogP contribution >= 0.6 is 11.3 Å². The summed E-state index contributed by atoms with van der Waals surface area (Å²) in [6, 6.07) is 2.41. The molecule has 0 saturated carbocycles. The van der Waals surface area contributed by atoms with Gasteiger partial charge in [0.15, 0.2) is 16.7 Å². The van der Waals surface area contributed by atoms with Crippen LogP contribution in [-0.2, 0) is 11.2 Å². The summed E-state index contributed by atoms with van der Waals surface area (Å²) in [6.45, 7) is 1.36. The molecule has 1 N–H and O–H groups in total. The highest BCUT2D eigenvalue weighted by molar-refractivity contribution is 7.17. The number of nitrogens with one attached hydrogen (secondary N) is 1. The third-order valence-electron chi connectivity index (χ3n) is 3.52. The number of carbonyl (C=O) groups excluding carboxylic acids is 3. The van der Waals surface area contributed by atoms with Gasteiger partial charge >= 0.3 is 0 Å². The molecule has 6 nitrogen and oxygen atoms in total. The van der Waals surface area contributed by atoms with Crippen LogP contribution in [0.25, 0.3) is 0 Å². The smallest absolute Gasteiger partial charge is 0.223 e. The van der Waals surface area contributed by atoms with E-state index in [9.17, 15) is 18.8 Å². The van der Waals surface area contributed by atoms with Gasteiger partial charge in [-0.25, -0.2) is 9.97 Å². The molecule has 8 heteroatoms. The first kappa shape index (κ1) is 15.4. The normalized spacial score (nSPS) is 16.8. The highest BCUT2D eigenvalue weighted by atomic mass is 32.1. The van der Waals surface area contributed by atoms with Crippen molar-refractivity contribution in [3.8, 4) is 0 Å². The number of thiazole rings is 1. The molecule has 0 radical (unpaired) electrons. The molecule has 0 fully saturated rings. The van der Waals surface area contributed by atoms with Gasteiger partial charge in [-0.2, -0.15) is 4.39 Å². The fraction of sp³-hybridized carbons (Fsp3) is 0.267. The van der Waals surface area contributed by atoms with Crippen molar-refractivity contribution >= 4 is 33.9 Å². The topological polar surface area (TPSA) is 89.0 Å². The minimum Gasteiger partial charge on any atom is -0.302 e. The largest absolute Gasteiger partial charge is 0.302 e. The van der Waals surface area contributed by atoms with Crippen molar-refractivity contribution in [2.45, 2.75) is 19.8 Å². The zero-order chi connectivity index (χ0) is 16.6. The number of fused-ring (bicyclic) bond motifs is 1. The molecule has 1 aliphatic rings. The van der Waals surface area contributed by atoms with Crippen molar-refractivity contribution in [2.75, 3.05) is 5.32 Å². The zero-order valence-corrected chi connectivity index (χ0v) is 12.9. The van der Waals surface area contributed by atoms with E-state index in [0.29, 0.717) is 28.5 Å². The number of Topliss-reactive ketones (excluding diaryl/α,β-unsaturated/α-hetero) is 2. The third-order valence-corrected chi connectivity index (χ3v) is 4.55. The molecule has 1 amide bonds. The van der Waals surface area contributed by atoms with Gasteiger partial charge in [0, 0.05) is 18.7 Å². The minimum absolute atomic E-state index is 0.208. The Balaban J connectivity index is 1.85. The predicted octanol–water partition coefficient (Wildman–Crippen LogP) is 2.26. The van der Waals surface area contributed by atoms with Gasteiger partial charge in [0.1, 0.15) is 0 Å². The number of pyridine rings is 1. The lowest BCUT2D eigenvalue weighted by Gasteiger charge is -2.18. The van der Waals surface area contributed by atoms with Crippen molar-refractivity contribution in [1.82, 2.24) is 9.97 Å². The van der Waals surface area contributed by atoms with Crippen LogP contribution in [0.4, 0.5) is 9.52 Å². The zero-order valence-electron chi connectivity index (χ0n) is 12.1. The second-order valence-corrected chi connectivity index (χ2v) is 6.16. The molecular formula is C15H12FN3O3S. The molecule has 1 aliphatic carbocycles. The van der Waals surface area contributed by atoms with Gasteiger partial charge in [-0.15, -0.1) is 0 Å². The molecule has 0 spiro atoms. The van der Waals surface area contributed by atoms with Crippen LogP contribution in [0.5, 0.6) is 0 Å². The minimum atomic E-state index is -0.819. The molecule has 1 unspecified atom stereocenters. The van der Waals surface area contributed by atoms with Gasteiger partial charge < -0.3 is 5.32 Å². The van der Waals surface area contributed by atoms with Crippen molar-refractivity contribution in [1.29, 1.82) is 0 Å². The summed E-state index contributed by atoms with van der Waals surface area (Å²) < 4.78 is 12.8. The molecule has 2 aromatic rings. The molecule has 0 aliphatic heterocycles. The molecule has 23 heavy (non-hydrogen) atoms. The Morgan fingerprint density at radius 2 is 2.17 bits per heavy atom. The first-order valence-corrected chi connectivity index (χ1v) is 7.74. The Kier molecular flexibility index (Phi) is 3.99. The first-order valence-electron chi connectivity index (χ1n) is 6.93. The van der Waals surface area contributed by atoms with Crippen molar-refractivity contribution in [3.63, 3.8) is 0 Å². The van der Waals surface area contributed by atoms with Crippen LogP contribution in [0.1, 0.15) is 39.1 Å². The van der Waals surface area contributed by atoms with Crippen LogP contribution in [0, 0.1) is 11.9 Å². The number of anilines is 1. The van der Waals surface area contributed by atoms with Crippen LogP contribution < -0.4 is 5.32 Å². The van der Waals surface area contributed by atoms with E-state index in [1.54, 1.807) is 0 Å². The molecule has 2 aromatic heterocycles. The Hall–Kier alpha value is -2.48. The summed E-state index contributed by atoms with van der Waals surface area (Å²) >= 11 is 1.07. The first-order chi connectivity index (χ1) is 11.0. The maximum Gasteiger partial charge on any atom is 0.223 e. The highest BCUT2D eigenvalue weighted by Gasteiger charge is 2.36. The predicted molar refractivity (Wildman–Crippen MR) is 81.1 cm³/mol. The standard InChI is InChI=1S/C15H12FN3O3S/c1-7(20)18-15-19-10-4-3-9(13(22)14(10)23-15)12(21)8-2-5-11(16)17-6-8/h2,5-6,9H,3-4H2,1H3,(H,18,19,20). The number of amides is 1. The molecule has 1 atom stereocenters. The average molecular weight is 333 g/mol. The van der Waals surface area contributed by atoms with E-state index in [4.69, 9.17) is 0 Å². The molecule has 0 aromatic carbocycles. The second-order valence-electron chi connectivity index (χ2n) is 5.17. The van der Waals surface area contributed by atoms with Gasteiger partial charge in [-0.05, 0) is 25.0 Å². The lowest BCUT2D eigenvalue weighted by molar-refractivity contribution is -0.114. The molecule has 0 saturated heterocycles. The van der Waals surface area contributed by atoms with E-state index in [0.717, 1.165) is 23.6 Å².